The summed E-state index contributed by atoms with van der Waals surface area (Å²) < 4.78 is 1.39. The molecule has 2 aromatic heterocycles. The summed E-state index contributed by atoms with van der Waals surface area (Å²) >= 11 is 5.77. The minimum absolute atomic E-state index is 0.0775. The molecule has 0 spiro atoms. The smallest absolute Gasteiger partial charge is 0.271 e. The molecule has 0 bridgehead atoms. The molecular weight excluding hydrogens is 256 g/mol. The van der Waals surface area contributed by atoms with Crippen molar-refractivity contribution in [2.24, 2.45) is 0 Å². The molecule has 18 heavy (non-hydrogen) atoms. The molecule has 2 heterocycles. The maximum absolute atomic E-state index is 11.4. The summed E-state index contributed by atoms with van der Waals surface area (Å²) in [5.74, 6) is 0.0619. The van der Waals surface area contributed by atoms with Crippen LogP contribution in [-0.4, -0.2) is 32.7 Å². The quantitative estimate of drug-likeness (QED) is 0.774. The van der Waals surface area contributed by atoms with Crippen molar-refractivity contribution in [2.75, 3.05) is 12.8 Å². The lowest BCUT2D eigenvalue weighted by Gasteiger charge is -2.06. The number of hydrogen-bond acceptors (Lipinski definition) is 5. The number of anilines is 1. The molecule has 0 fully saturated rings. The van der Waals surface area contributed by atoms with Crippen molar-refractivity contribution in [2.45, 2.75) is 6.92 Å². The first-order valence-corrected chi connectivity index (χ1v) is 5.48. The molecule has 2 rings (SSSR count). The van der Waals surface area contributed by atoms with E-state index in [1.54, 1.807) is 19.2 Å². The van der Waals surface area contributed by atoms with Crippen LogP contribution in [0.5, 0.6) is 0 Å². The van der Waals surface area contributed by atoms with Gasteiger partial charge in [-0.25, -0.2) is 9.67 Å². The molecule has 0 aromatic carbocycles. The number of aromatic nitrogens is 4. The third kappa shape index (κ3) is 2.12. The zero-order valence-corrected chi connectivity index (χ0v) is 10.6. The van der Waals surface area contributed by atoms with Gasteiger partial charge in [-0.05, 0) is 24.6 Å². The first kappa shape index (κ1) is 12.3. The Morgan fingerprint density at radius 2 is 2.22 bits per heavy atom. The second kappa shape index (κ2) is 4.61. The summed E-state index contributed by atoms with van der Waals surface area (Å²) in [6, 6.07) is 1.56. The van der Waals surface area contributed by atoms with Crippen LogP contribution in [-0.2, 0) is 0 Å². The van der Waals surface area contributed by atoms with Crippen molar-refractivity contribution in [1.82, 2.24) is 25.1 Å². The van der Waals surface area contributed by atoms with Crippen LogP contribution in [0.25, 0.3) is 5.82 Å². The molecule has 8 heteroatoms. The lowest BCUT2D eigenvalue weighted by atomic mass is 10.3. The summed E-state index contributed by atoms with van der Waals surface area (Å²) in [4.78, 5) is 19.3. The van der Waals surface area contributed by atoms with E-state index in [0.29, 0.717) is 17.2 Å². The molecule has 0 aliphatic rings. The number of halogens is 1. The second-order valence-electron chi connectivity index (χ2n) is 3.54. The zero-order chi connectivity index (χ0) is 13.3. The van der Waals surface area contributed by atoms with Gasteiger partial charge >= 0.3 is 0 Å². The van der Waals surface area contributed by atoms with Crippen LogP contribution in [0.4, 0.5) is 5.69 Å². The van der Waals surface area contributed by atoms with E-state index < -0.39 is 0 Å². The molecule has 0 aliphatic carbocycles. The lowest BCUT2D eigenvalue weighted by molar-refractivity contribution is 0.0957. The van der Waals surface area contributed by atoms with Gasteiger partial charge in [-0.1, -0.05) is 0 Å². The first-order valence-electron chi connectivity index (χ1n) is 5.10. The van der Waals surface area contributed by atoms with Gasteiger partial charge in [0.1, 0.15) is 0 Å². The maximum Gasteiger partial charge on any atom is 0.271 e. The second-order valence-corrected chi connectivity index (χ2v) is 3.88. The Morgan fingerprint density at radius 1 is 1.50 bits per heavy atom. The molecule has 3 N–H and O–H groups in total. The van der Waals surface area contributed by atoms with E-state index in [1.807, 2.05) is 0 Å². The molecule has 0 unspecified atom stereocenters. The number of carbonyl (C=O) groups is 1. The Balaban J connectivity index is 2.49. The van der Waals surface area contributed by atoms with Crippen LogP contribution in [0, 0.1) is 6.92 Å². The molecule has 0 atom stereocenters. The topological polar surface area (TPSA) is 98.7 Å². The van der Waals surface area contributed by atoms with E-state index in [1.165, 1.54) is 11.7 Å². The molecule has 0 saturated heterocycles. The maximum atomic E-state index is 11.4. The highest BCUT2D eigenvalue weighted by Gasteiger charge is 2.13. The highest BCUT2D eigenvalue weighted by molar-refractivity contribution is 6.28. The SMILES string of the molecule is CNC(=O)c1ccn(-c2nc(Cl)nc(C)c2N)n1. The van der Waals surface area contributed by atoms with Crippen molar-refractivity contribution < 1.29 is 4.79 Å². The van der Waals surface area contributed by atoms with Crippen LogP contribution >= 0.6 is 11.6 Å². The van der Waals surface area contributed by atoms with Crippen molar-refractivity contribution in [3.05, 3.63) is 28.9 Å². The Bertz CT molecular complexity index is 608. The number of aryl methyl sites for hydroxylation is 1. The molecule has 0 saturated carbocycles. The van der Waals surface area contributed by atoms with E-state index in [9.17, 15) is 4.79 Å². The molecule has 2 aromatic rings. The van der Waals surface area contributed by atoms with Gasteiger partial charge in [0.15, 0.2) is 11.5 Å². The van der Waals surface area contributed by atoms with Crippen molar-refractivity contribution in [3.8, 4) is 5.82 Å². The Morgan fingerprint density at radius 3 is 2.89 bits per heavy atom. The Labute approximate surface area is 108 Å². The highest BCUT2D eigenvalue weighted by Crippen LogP contribution is 2.19. The number of nitrogens with one attached hydrogen (secondary N) is 1. The van der Waals surface area contributed by atoms with Crippen LogP contribution in [0.2, 0.25) is 5.28 Å². The fourth-order valence-corrected chi connectivity index (χ4v) is 1.61. The van der Waals surface area contributed by atoms with Crippen molar-refractivity contribution in [3.63, 3.8) is 0 Å². The first-order chi connectivity index (χ1) is 8.52. The minimum Gasteiger partial charge on any atom is -0.394 e. The van der Waals surface area contributed by atoms with E-state index in [0.717, 1.165) is 0 Å². The molecule has 0 aliphatic heterocycles. The van der Waals surface area contributed by atoms with Crippen molar-refractivity contribution in [1.29, 1.82) is 0 Å². The van der Waals surface area contributed by atoms with Gasteiger partial charge in [0, 0.05) is 13.2 Å². The van der Waals surface area contributed by atoms with Gasteiger partial charge in [-0.2, -0.15) is 10.1 Å². The minimum atomic E-state index is -0.288. The number of hydrogen-bond donors (Lipinski definition) is 2. The normalized spacial score (nSPS) is 10.4. The van der Waals surface area contributed by atoms with Gasteiger partial charge in [0.25, 0.3) is 5.91 Å². The number of amides is 1. The average molecular weight is 267 g/mol. The van der Waals surface area contributed by atoms with E-state index in [-0.39, 0.29) is 16.9 Å². The predicted octanol–water partition coefficient (Wildman–Crippen LogP) is 0.566. The number of nitrogens with zero attached hydrogens (tertiary/aromatic N) is 4. The molecule has 0 radical (unpaired) electrons. The molecular formula is C10H11ClN6O. The molecule has 7 nitrogen and oxygen atoms in total. The van der Waals surface area contributed by atoms with E-state index in [2.05, 4.69) is 20.4 Å². The van der Waals surface area contributed by atoms with Crippen LogP contribution < -0.4 is 11.1 Å². The van der Waals surface area contributed by atoms with Crippen LogP contribution in [0.15, 0.2) is 12.3 Å². The third-order valence-corrected chi connectivity index (χ3v) is 2.52. The number of nitrogens with two attached hydrogens (primary N) is 1. The van der Waals surface area contributed by atoms with Gasteiger partial charge in [0.05, 0.1) is 11.4 Å². The average Bonchev–Trinajstić information content (AvgIpc) is 2.82. The standard InChI is InChI=1S/C10H11ClN6O/c1-5-7(12)8(15-10(11)14-5)17-4-3-6(16-17)9(18)13-2/h3-4H,12H2,1-2H3,(H,13,18). The van der Waals surface area contributed by atoms with E-state index in [4.69, 9.17) is 17.3 Å². The van der Waals surface area contributed by atoms with Gasteiger partial charge in [0.2, 0.25) is 5.28 Å². The summed E-state index contributed by atoms with van der Waals surface area (Å²) in [6.07, 6.45) is 1.58. The fraction of sp³-hybridized carbons (Fsp3) is 0.200. The summed E-state index contributed by atoms with van der Waals surface area (Å²) in [6.45, 7) is 1.72. The largest absolute Gasteiger partial charge is 0.394 e. The number of rotatable bonds is 2. The summed E-state index contributed by atoms with van der Waals surface area (Å²) in [5.41, 5.74) is 7.05. The summed E-state index contributed by atoms with van der Waals surface area (Å²) in [5, 5.41) is 6.63. The monoisotopic (exact) mass is 266 g/mol. The van der Waals surface area contributed by atoms with Gasteiger partial charge in [-0.15, -0.1) is 0 Å². The lowest BCUT2D eigenvalue weighted by Crippen LogP contribution is -2.18. The highest BCUT2D eigenvalue weighted by atomic mass is 35.5. The van der Waals surface area contributed by atoms with Gasteiger partial charge in [-0.3, -0.25) is 4.79 Å². The summed E-state index contributed by atoms with van der Waals surface area (Å²) in [7, 11) is 1.53. The Hall–Kier alpha value is -2.15. The van der Waals surface area contributed by atoms with Crippen molar-refractivity contribution >= 4 is 23.2 Å². The molecule has 1 amide bonds. The van der Waals surface area contributed by atoms with Gasteiger partial charge < -0.3 is 11.1 Å². The van der Waals surface area contributed by atoms with Crippen LogP contribution in [0.3, 0.4) is 0 Å². The number of carbonyl (C=O) groups excluding carboxylic acids is 1. The molecule has 94 valence electrons. The van der Waals surface area contributed by atoms with E-state index >= 15 is 0 Å². The fourth-order valence-electron chi connectivity index (χ4n) is 1.40. The predicted molar refractivity (Wildman–Crippen MR) is 66.7 cm³/mol. The van der Waals surface area contributed by atoms with Crippen LogP contribution in [0.1, 0.15) is 16.2 Å². The Kier molecular flexibility index (Phi) is 3.15. The zero-order valence-electron chi connectivity index (χ0n) is 9.81. The third-order valence-electron chi connectivity index (χ3n) is 2.35. The number of nitrogen functional groups attached to an aromatic ring is 1.